The summed E-state index contributed by atoms with van der Waals surface area (Å²) in [5.41, 5.74) is 2.34. The highest BCUT2D eigenvalue weighted by atomic mass is 31.1. The molecule has 1 heterocycles. The topological polar surface area (TPSA) is 17.1 Å². The van der Waals surface area contributed by atoms with E-state index in [0.29, 0.717) is 0 Å². The molecule has 0 amide bonds. The van der Waals surface area contributed by atoms with Gasteiger partial charge in [-0.1, -0.05) is 91.0 Å². The fraction of sp³-hybridized carbons (Fsp3) is 0.160. The molecule has 1 nitrogen and oxygen atoms in total. The van der Waals surface area contributed by atoms with Crippen LogP contribution in [0.25, 0.3) is 0 Å². The lowest BCUT2D eigenvalue weighted by Crippen LogP contribution is -2.27. The molecule has 4 rings (SSSR count). The van der Waals surface area contributed by atoms with Gasteiger partial charge in [0.1, 0.15) is 0 Å². The average Bonchev–Trinajstić information content (AvgIpc) is 3.09. The van der Waals surface area contributed by atoms with E-state index in [-0.39, 0.29) is 11.2 Å². The van der Waals surface area contributed by atoms with E-state index in [2.05, 4.69) is 91.0 Å². The first-order chi connectivity index (χ1) is 13.2. The maximum absolute atomic E-state index is 12.3. The summed E-state index contributed by atoms with van der Waals surface area (Å²) >= 11 is 0. The second-order valence-corrected chi connectivity index (χ2v) is 9.32. The van der Waals surface area contributed by atoms with E-state index in [1.54, 1.807) is 6.92 Å². The quantitative estimate of drug-likeness (QED) is 0.428. The molecule has 0 spiro atoms. The molecule has 3 aromatic carbocycles. The van der Waals surface area contributed by atoms with Gasteiger partial charge < -0.3 is 0 Å². The van der Waals surface area contributed by atoms with Gasteiger partial charge in [-0.3, -0.25) is 4.79 Å². The Kier molecular flexibility index (Phi) is 5.05. The molecule has 0 N–H and O–H groups in total. The molecule has 3 aromatic rings. The first-order valence-electron chi connectivity index (χ1n) is 9.38. The van der Waals surface area contributed by atoms with Crippen LogP contribution < -0.4 is 5.30 Å². The molecule has 1 unspecified atom stereocenters. The fourth-order valence-electron chi connectivity index (χ4n) is 4.22. The van der Waals surface area contributed by atoms with Crippen molar-refractivity contribution < 1.29 is 4.79 Å². The van der Waals surface area contributed by atoms with Crippen LogP contribution in [0.2, 0.25) is 0 Å². The molecule has 0 aliphatic carbocycles. The number of rotatable bonds is 4. The zero-order chi connectivity index (χ0) is 18.7. The highest BCUT2D eigenvalue weighted by Crippen LogP contribution is 2.64. The predicted octanol–water partition coefficient (Wildman–Crippen LogP) is 5.66. The van der Waals surface area contributed by atoms with Crippen molar-refractivity contribution in [1.29, 1.82) is 0 Å². The van der Waals surface area contributed by atoms with Gasteiger partial charge in [-0.25, -0.2) is 0 Å². The number of hydrogen-bond acceptors (Lipinski definition) is 1. The number of allylic oxidation sites excluding steroid dienone is 2. The summed E-state index contributed by atoms with van der Waals surface area (Å²) in [6, 6.07) is 32.1. The van der Waals surface area contributed by atoms with Crippen LogP contribution in [-0.4, -0.2) is 11.9 Å². The zero-order valence-corrected chi connectivity index (χ0v) is 16.4. The molecule has 1 aliphatic heterocycles. The molecular formula is C25H23OP. The van der Waals surface area contributed by atoms with Crippen LogP contribution in [0.1, 0.15) is 24.5 Å². The second-order valence-electron chi connectivity index (χ2n) is 7.01. The van der Waals surface area contributed by atoms with Crippen molar-refractivity contribution in [1.82, 2.24) is 0 Å². The number of benzene rings is 3. The number of carbonyl (C=O) groups excluding carboxylic acids is 1. The summed E-state index contributed by atoms with van der Waals surface area (Å²) in [7, 11) is -0.531. The van der Waals surface area contributed by atoms with Crippen LogP contribution in [0.15, 0.2) is 102 Å². The molecule has 1 saturated heterocycles. The summed E-state index contributed by atoms with van der Waals surface area (Å²) in [6.07, 6.45) is 4.05. The predicted molar refractivity (Wildman–Crippen MR) is 115 cm³/mol. The first kappa shape index (κ1) is 17.9. The smallest absolute Gasteiger partial charge is 0.152 e. The lowest BCUT2D eigenvalue weighted by atomic mass is 9.72. The van der Waals surface area contributed by atoms with E-state index in [1.807, 2.05) is 6.08 Å². The van der Waals surface area contributed by atoms with E-state index >= 15 is 0 Å². The molecule has 0 radical (unpaired) electrons. The minimum atomic E-state index is -0.531. The van der Waals surface area contributed by atoms with Crippen molar-refractivity contribution >= 4 is 19.0 Å². The summed E-state index contributed by atoms with van der Waals surface area (Å²) in [5.74, 6) is 0.131. The third-order valence-corrected chi connectivity index (χ3v) is 8.06. The average molecular weight is 370 g/mol. The van der Waals surface area contributed by atoms with Gasteiger partial charge >= 0.3 is 0 Å². The standard InChI is InChI=1S/C25H23OP/c1-20(26)19-24-25(21-11-5-2-6-12-21,22-13-7-3-8-14-22)17-18-27(24)23-15-9-4-10-16-23/h2-16,19H,17-18H2,1H3/b24-19-. The number of hydrogen-bond donors (Lipinski definition) is 0. The van der Waals surface area contributed by atoms with E-state index in [0.717, 1.165) is 12.6 Å². The lowest BCUT2D eigenvalue weighted by molar-refractivity contribution is -0.112. The van der Waals surface area contributed by atoms with Crippen molar-refractivity contribution in [2.45, 2.75) is 18.8 Å². The van der Waals surface area contributed by atoms with Crippen LogP contribution >= 0.6 is 7.92 Å². The molecular weight excluding hydrogens is 347 g/mol. The van der Waals surface area contributed by atoms with E-state index in [1.165, 1.54) is 21.7 Å². The van der Waals surface area contributed by atoms with Crippen LogP contribution in [0.4, 0.5) is 0 Å². The SMILES string of the molecule is CC(=O)/C=C1\P(c2ccccc2)CCC1(c1ccccc1)c1ccccc1. The van der Waals surface area contributed by atoms with E-state index in [9.17, 15) is 4.79 Å². The molecule has 1 aliphatic rings. The van der Waals surface area contributed by atoms with Crippen molar-refractivity contribution in [3.05, 3.63) is 114 Å². The van der Waals surface area contributed by atoms with Crippen molar-refractivity contribution in [3.63, 3.8) is 0 Å². The highest BCUT2D eigenvalue weighted by molar-refractivity contribution is 7.70. The minimum absolute atomic E-state index is 0.131. The van der Waals surface area contributed by atoms with E-state index in [4.69, 9.17) is 0 Å². The molecule has 1 fully saturated rings. The molecule has 1 atom stereocenters. The van der Waals surface area contributed by atoms with Crippen LogP contribution in [0.5, 0.6) is 0 Å². The highest BCUT2D eigenvalue weighted by Gasteiger charge is 2.46. The lowest BCUT2D eigenvalue weighted by Gasteiger charge is -2.34. The normalized spacial score (nSPS) is 19.9. The third kappa shape index (κ3) is 3.29. The van der Waals surface area contributed by atoms with Gasteiger partial charge in [0.25, 0.3) is 0 Å². The first-order valence-corrected chi connectivity index (χ1v) is 10.9. The Balaban J connectivity index is 1.96. The maximum Gasteiger partial charge on any atom is 0.152 e. The van der Waals surface area contributed by atoms with Crippen LogP contribution in [0, 0.1) is 0 Å². The Bertz CT molecular complexity index is 906. The van der Waals surface area contributed by atoms with Crippen molar-refractivity contribution in [2.75, 3.05) is 6.16 Å². The van der Waals surface area contributed by atoms with Crippen molar-refractivity contribution in [3.8, 4) is 0 Å². The van der Waals surface area contributed by atoms with Gasteiger partial charge in [0, 0.05) is 5.41 Å². The number of carbonyl (C=O) groups is 1. The molecule has 0 bridgehead atoms. The second kappa shape index (κ2) is 7.62. The molecule has 0 saturated carbocycles. The van der Waals surface area contributed by atoms with Gasteiger partial charge in [0.2, 0.25) is 0 Å². The molecule has 27 heavy (non-hydrogen) atoms. The minimum Gasteiger partial charge on any atom is -0.295 e. The molecule has 2 heteroatoms. The van der Waals surface area contributed by atoms with Gasteiger partial charge in [-0.15, -0.1) is 0 Å². The summed E-state index contributed by atoms with van der Waals surface area (Å²) in [6.45, 7) is 1.67. The Morgan fingerprint density at radius 2 is 1.30 bits per heavy atom. The van der Waals surface area contributed by atoms with Crippen molar-refractivity contribution in [2.24, 2.45) is 0 Å². The summed E-state index contributed by atoms with van der Waals surface area (Å²) in [4.78, 5) is 12.3. The summed E-state index contributed by atoms with van der Waals surface area (Å²) in [5, 5.41) is 2.64. The van der Waals surface area contributed by atoms with E-state index < -0.39 is 7.92 Å². The summed E-state index contributed by atoms with van der Waals surface area (Å²) < 4.78 is 0. The maximum atomic E-state index is 12.3. The van der Waals surface area contributed by atoms with Gasteiger partial charge in [0.05, 0.1) is 0 Å². The Morgan fingerprint density at radius 1 is 0.815 bits per heavy atom. The Morgan fingerprint density at radius 3 is 1.78 bits per heavy atom. The van der Waals surface area contributed by atoms with Gasteiger partial charge in [-0.2, -0.15) is 0 Å². The van der Waals surface area contributed by atoms with Gasteiger partial charge in [-0.05, 0) is 55.2 Å². The van der Waals surface area contributed by atoms with Crippen LogP contribution in [-0.2, 0) is 10.2 Å². The van der Waals surface area contributed by atoms with Crippen LogP contribution in [0.3, 0.4) is 0 Å². The van der Waals surface area contributed by atoms with Gasteiger partial charge in [0.15, 0.2) is 5.78 Å². The molecule has 0 aromatic heterocycles. The molecule has 134 valence electrons. The third-order valence-electron chi connectivity index (χ3n) is 5.38. The largest absolute Gasteiger partial charge is 0.295 e. The zero-order valence-electron chi connectivity index (χ0n) is 15.5. The number of ketones is 1. The Labute approximate surface area is 162 Å². The Hall–Kier alpha value is -2.50. The fourth-order valence-corrected chi connectivity index (χ4v) is 7.26. The monoisotopic (exact) mass is 370 g/mol.